The summed E-state index contributed by atoms with van der Waals surface area (Å²) in [4.78, 5) is 21.8. The van der Waals surface area contributed by atoms with Crippen LogP contribution in [0.4, 0.5) is 0 Å². The molecule has 0 bridgehead atoms. The molecule has 1 aromatic rings. The Morgan fingerprint density at radius 2 is 2.24 bits per heavy atom. The van der Waals surface area contributed by atoms with Gasteiger partial charge in [0.15, 0.2) is 5.15 Å². The van der Waals surface area contributed by atoms with Gasteiger partial charge in [0.1, 0.15) is 0 Å². The summed E-state index contributed by atoms with van der Waals surface area (Å²) in [5.41, 5.74) is 6.25. The van der Waals surface area contributed by atoms with E-state index in [1.807, 2.05) is 0 Å². The molecule has 17 heavy (non-hydrogen) atoms. The summed E-state index contributed by atoms with van der Waals surface area (Å²) in [7, 11) is 0. The lowest BCUT2D eigenvalue weighted by Crippen LogP contribution is -2.43. The van der Waals surface area contributed by atoms with Crippen LogP contribution in [0.5, 0.6) is 0 Å². The zero-order valence-electron chi connectivity index (χ0n) is 9.64. The quantitative estimate of drug-likeness (QED) is 0.869. The minimum Gasteiger partial charge on any atom is -0.332 e. The fourth-order valence-electron chi connectivity index (χ4n) is 1.65. The monoisotopic (exact) mass is 254 g/mol. The molecule has 0 aliphatic heterocycles. The highest BCUT2D eigenvalue weighted by Crippen LogP contribution is 2.29. The number of nitrogens with two attached hydrogens (primary N) is 1. The van der Waals surface area contributed by atoms with E-state index in [-0.39, 0.29) is 11.9 Å². The first kappa shape index (κ1) is 12.3. The summed E-state index contributed by atoms with van der Waals surface area (Å²) in [6.45, 7) is 2.08. The van der Waals surface area contributed by atoms with Crippen LogP contribution < -0.4 is 5.73 Å². The minimum atomic E-state index is -0.494. The highest BCUT2D eigenvalue weighted by Gasteiger charge is 2.34. The van der Waals surface area contributed by atoms with Gasteiger partial charge >= 0.3 is 0 Å². The first-order valence-electron chi connectivity index (χ1n) is 5.61. The molecule has 1 saturated carbocycles. The number of rotatable bonds is 4. The van der Waals surface area contributed by atoms with Gasteiger partial charge in [-0.25, -0.2) is 4.98 Å². The fourth-order valence-corrected chi connectivity index (χ4v) is 1.82. The van der Waals surface area contributed by atoms with Crippen LogP contribution in [-0.4, -0.2) is 32.9 Å². The predicted octanol–water partition coefficient (Wildman–Crippen LogP) is 0.968. The van der Waals surface area contributed by atoms with Gasteiger partial charge in [-0.1, -0.05) is 11.6 Å². The summed E-state index contributed by atoms with van der Waals surface area (Å²) in [6.07, 6.45) is 5.15. The molecule has 1 amide bonds. The van der Waals surface area contributed by atoms with E-state index in [1.54, 1.807) is 18.0 Å². The fraction of sp³-hybridized carbons (Fsp3) is 0.545. The van der Waals surface area contributed by atoms with E-state index in [0.717, 1.165) is 12.8 Å². The lowest BCUT2D eigenvalue weighted by atomic mass is 10.2. The van der Waals surface area contributed by atoms with Crippen molar-refractivity contribution in [3.63, 3.8) is 0 Å². The van der Waals surface area contributed by atoms with Crippen molar-refractivity contribution >= 4 is 17.5 Å². The Bertz CT molecular complexity index is 420. The van der Waals surface area contributed by atoms with E-state index in [0.29, 0.717) is 17.4 Å². The molecule has 1 aliphatic rings. The predicted molar refractivity (Wildman–Crippen MR) is 64.3 cm³/mol. The standard InChI is InChI=1S/C11H15ClN4O/c1-7(13)11(17)16(8-2-3-8)6-9-10(12)15-5-4-14-9/h4-5,7-8H,2-3,6,13H2,1H3. The molecule has 1 heterocycles. The van der Waals surface area contributed by atoms with Crippen molar-refractivity contribution < 1.29 is 4.79 Å². The molecule has 0 radical (unpaired) electrons. The van der Waals surface area contributed by atoms with Gasteiger partial charge in [0.05, 0.1) is 18.3 Å². The number of hydrogen-bond donors (Lipinski definition) is 1. The summed E-state index contributed by atoms with van der Waals surface area (Å²) in [5, 5.41) is 0.343. The van der Waals surface area contributed by atoms with Gasteiger partial charge in [0, 0.05) is 18.4 Å². The molecule has 2 N–H and O–H groups in total. The third-order valence-corrected chi connectivity index (χ3v) is 3.02. The molecular formula is C11H15ClN4O. The molecule has 1 aromatic heterocycles. The SMILES string of the molecule is CC(N)C(=O)N(Cc1nccnc1Cl)C1CC1. The van der Waals surface area contributed by atoms with Crippen LogP contribution in [0, 0.1) is 0 Å². The summed E-state index contributed by atoms with van der Waals surface area (Å²) < 4.78 is 0. The molecule has 1 unspecified atom stereocenters. The normalized spacial score (nSPS) is 16.6. The average Bonchev–Trinajstić information content (AvgIpc) is 3.11. The van der Waals surface area contributed by atoms with Crippen LogP contribution in [0.15, 0.2) is 12.4 Å². The molecule has 0 aromatic carbocycles. The maximum absolute atomic E-state index is 11.9. The molecule has 2 rings (SSSR count). The summed E-state index contributed by atoms with van der Waals surface area (Å²) >= 11 is 5.93. The topological polar surface area (TPSA) is 72.1 Å². The molecule has 1 atom stereocenters. The van der Waals surface area contributed by atoms with Crippen molar-refractivity contribution in [2.75, 3.05) is 0 Å². The molecule has 1 aliphatic carbocycles. The third-order valence-electron chi connectivity index (χ3n) is 2.70. The van der Waals surface area contributed by atoms with Crippen LogP contribution in [-0.2, 0) is 11.3 Å². The van der Waals surface area contributed by atoms with Crippen molar-refractivity contribution in [2.45, 2.75) is 38.4 Å². The average molecular weight is 255 g/mol. The van der Waals surface area contributed by atoms with Crippen molar-refractivity contribution in [3.8, 4) is 0 Å². The number of hydrogen-bond acceptors (Lipinski definition) is 4. The zero-order valence-corrected chi connectivity index (χ0v) is 10.4. The van der Waals surface area contributed by atoms with Gasteiger partial charge in [0.25, 0.3) is 0 Å². The molecule has 6 heteroatoms. The maximum Gasteiger partial charge on any atom is 0.239 e. The first-order valence-corrected chi connectivity index (χ1v) is 5.99. The van der Waals surface area contributed by atoms with Gasteiger partial charge in [-0.3, -0.25) is 9.78 Å². The highest BCUT2D eigenvalue weighted by molar-refractivity contribution is 6.29. The Kier molecular flexibility index (Phi) is 3.59. The van der Waals surface area contributed by atoms with Crippen LogP contribution >= 0.6 is 11.6 Å². The number of nitrogens with zero attached hydrogens (tertiary/aromatic N) is 3. The Morgan fingerprint density at radius 3 is 2.76 bits per heavy atom. The second-order valence-electron chi connectivity index (χ2n) is 4.28. The van der Waals surface area contributed by atoms with Crippen LogP contribution in [0.3, 0.4) is 0 Å². The van der Waals surface area contributed by atoms with Gasteiger partial charge < -0.3 is 10.6 Å². The van der Waals surface area contributed by atoms with Gasteiger partial charge in [0.2, 0.25) is 5.91 Å². The van der Waals surface area contributed by atoms with Crippen LogP contribution in [0.2, 0.25) is 5.15 Å². The van der Waals surface area contributed by atoms with Crippen molar-refractivity contribution in [1.82, 2.24) is 14.9 Å². The van der Waals surface area contributed by atoms with Gasteiger partial charge in [-0.2, -0.15) is 0 Å². The molecule has 92 valence electrons. The molecule has 0 spiro atoms. The smallest absolute Gasteiger partial charge is 0.239 e. The third kappa shape index (κ3) is 2.92. The second kappa shape index (κ2) is 4.98. The lowest BCUT2D eigenvalue weighted by Gasteiger charge is -2.24. The molecule has 0 saturated heterocycles. The van der Waals surface area contributed by atoms with Crippen molar-refractivity contribution in [1.29, 1.82) is 0 Å². The largest absolute Gasteiger partial charge is 0.332 e. The number of aromatic nitrogens is 2. The van der Waals surface area contributed by atoms with E-state index in [1.165, 1.54) is 6.20 Å². The Hall–Kier alpha value is -1.20. The number of halogens is 1. The van der Waals surface area contributed by atoms with Crippen molar-refractivity contribution in [3.05, 3.63) is 23.2 Å². The van der Waals surface area contributed by atoms with Gasteiger partial charge in [-0.15, -0.1) is 0 Å². The highest BCUT2D eigenvalue weighted by atomic mass is 35.5. The first-order chi connectivity index (χ1) is 8.09. The second-order valence-corrected chi connectivity index (χ2v) is 4.64. The Morgan fingerprint density at radius 1 is 1.59 bits per heavy atom. The minimum absolute atomic E-state index is 0.0609. The van der Waals surface area contributed by atoms with E-state index < -0.39 is 6.04 Å². The molecule has 1 fully saturated rings. The Labute approximate surface area is 105 Å². The number of amides is 1. The Balaban J connectivity index is 2.13. The van der Waals surface area contributed by atoms with Crippen molar-refractivity contribution in [2.24, 2.45) is 5.73 Å². The molecular weight excluding hydrogens is 240 g/mol. The number of carbonyl (C=O) groups is 1. The van der Waals surface area contributed by atoms with Crippen LogP contribution in [0.1, 0.15) is 25.5 Å². The van der Waals surface area contributed by atoms with Gasteiger partial charge in [-0.05, 0) is 19.8 Å². The van der Waals surface area contributed by atoms with E-state index in [4.69, 9.17) is 17.3 Å². The summed E-state index contributed by atoms with van der Waals surface area (Å²) in [6, 6.07) is -0.211. The lowest BCUT2D eigenvalue weighted by molar-refractivity contribution is -0.133. The van der Waals surface area contributed by atoms with Crippen LogP contribution in [0.25, 0.3) is 0 Å². The zero-order chi connectivity index (χ0) is 12.4. The van der Waals surface area contributed by atoms with E-state index >= 15 is 0 Å². The maximum atomic E-state index is 11.9. The van der Waals surface area contributed by atoms with E-state index in [9.17, 15) is 4.79 Å². The number of carbonyl (C=O) groups excluding carboxylic acids is 1. The molecule has 5 nitrogen and oxygen atoms in total. The summed E-state index contributed by atoms with van der Waals surface area (Å²) in [5.74, 6) is -0.0609. The van der Waals surface area contributed by atoms with E-state index in [2.05, 4.69) is 9.97 Å².